The van der Waals surface area contributed by atoms with Crippen LogP contribution < -0.4 is 0 Å². The molecule has 0 saturated carbocycles. The quantitative estimate of drug-likeness (QED) is 0.521. The Morgan fingerprint density at radius 1 is 1.33 bits per heavy atom. The number of rotatable bonds is 4. The Bertz CT molecular complexity index is 273. The van der Waals surface area contributed by atoms with Gasteiger partial charge in [0, 0.05) is 0 Å². The van der Waals surface area contributed by atoms with Crippen molar-refractivity contribution in [3.05, 3.63) is 24.7 Å². The summed E-state index contributed by atoms with van der Waals surface area (Å²) in [7, 11) is -0.269. The average Bonchev–Trinajstić information content (AvgIpc) is 2.35. The summed E-state index contributed by atoms with van der Waals surface area (Å²) >= 11 is 0. The SMILES string of the molecule is C=CCCC1(C)OB(C(=C)C)OC1(C)C. The Morgan fingerprint density at radius 3 is 2.33 bits per heavy atom. The fraction of sp³-hybridized carbons (Fsp3) is 0.667. The Morgan fingerprint density at radius 2 is 1.93 bits per heavy atom. The highest BCUT2D eigenvalue weighted by molar-refractivity contribution is 6.54. The van der Waals surface area contributed by atoms with Gasteiger partial charge in [-0.05, 0) is 40.5 Å². The van der Waals surface area contributed by atoms with Crippen molar-refractivity contribution < 1.29 is 9.31 Å². The van der Waals surface area contributed by atoms with Crippen molar-refractivity contribution in [2.45, 2.75) is 51.7 Å². The van der Waals surface area contributed by atoms with E-state index in [2.05, 4.69) is 33.9 Å². The van der Waals surface area contributed by atoms with Gasteiger partial charge in [-0.15, -0.1) is 13.2 Å². The van der Waals surface area contributed by atoms with Crippen LogP contribution in [0.3, 0.4) is 0 Å². The molecule has 0 aromatic heterocycles. The number of hydrogen-bond donors (Lipinski definition) is 0. The third kappa shape index (κ3) is 2.35. The predicted molar refractivity (Wildman–Crippen MR) is 64.7 cm³/mol. The van der Waals surface area contributed by atoms with Gasteiger partial charge in [0.25, 0.3) is 0 Å². The molecule has 3 heteroatoms. The Kier molecular flexibility index (Phi) is 3.46. The monoisotopic (exact) mass is 208 g/mol. The molecule has 1 aliphatic rings. The fourth-order valence-corrected chi connectivity index (χ4v) is 1.73. The minimum atomic E-state index is -0.278. The molecule has 0 aromatic carbocycles. The van der Waals surface area contributed by atoms with Gasteiger partial charge < -0.3 is 9.31 Å². The maximum absolute atomic E-state index is 5.96. The van der Waals surface area contributed by atoms with Gasteiger partial charge in [0.15, 0.2) is 0 Å². The van der Waals surface area contributed by atoms with Crippen LogP contribution in [0, 0.1) is 0 Å². The van der Waals surface area contributed by atoms with Crippen molar-refractivity contribution in [2.24, 2.45) is 0 Å². The van der Waals surface area contributed by atoms with Crippen molar-refractivity contribution in [3.63, 3.8) is 0 Å². The van der Waals surface area contributed by atoms with Gasteiger partial charge in [-0.25, -0.2) is 0 Å². The van der Waals surface area contributed by atoms with E-state index in [9.17, 15) is 0 Å². The predicted octanol–water partition coefficient (Wildman–Crippen LogP) is 3.14. The van der Waals surface area contributed by atoms with Gasteiger partial charge in [0.05, 0.1) is 11.2 Å². The van der Waals surface area contributed by atoms with Crippen molar-refractivity contribution in [1.82, 2.24) is 0 Å². The molecule has 1 unspecified atom stereocenters. The van der Waals surface area contributed by atoms with Crippen LogP contribution in [0.25, 0.3) is 0 Å². The fourth-order valence-electron chi connectivity index (χ4n) is 1.73. The molecule has 0 aliphatic carbocycles. The van der Waals surface area contributed by atoms with Crippen molar-refractivity contribution in [2.75, 3.05) is 0 Å². The lowest BCUT2D eigenvalue weighted by molar-refractivity contribution is -0.0147. The molecule has 0 aromatic rings. The summed E-state index contributed by atoms with van der Waals surface area (Å²) < 4.78 is 11.8. The van der Waals surface area contributed by atoms with Crippen LogP contribution in [0.5, 0.6) is 0 Å². The van der Waals surface area contributed by atoms with E-state index in [4.69, 9.17) is 9.31 Å². The lowest BCUT2D eigenvalue weighted by atomic mass is 9.81. The minimum absolute atomic E-state index is 0.259. The molecule has 0 N–H and O–H groups in total. The maximum atomic E-state index is 5.96. The molecule has 84 valence electrons. The summed E-state index contributed by atoms with van der Waals surface area (Å²) in [6.45, 7) is 15.8. The summed E-state index contributed by atoms with van der Waals surface area (Å²) in [5, 5.41) is 0. The second-order valence-electron chi connectivity index (χ2n) is 4.98. The first-order valence-electron chi connectivity index (χ1n) is 5.44. The Hall–Kier alpha value is -0.535. The second kappa shape index (κ2) is 4.15. The van der Waals surface area contributed by atoms with Gasteiger partial charge in [-0.3, -0.25) is 0 Å². The maximum Gasteiger partial charge on any atom is 0.489 e. The van der Waals surface area contributed by atoms with Crippen LogP contribution in [0.4, 0.5) is 0 Å². The third-order valence-corrected chi connectivity index (χ3v) is 3.27. The van der Waals surface area contributed by atoms with Crippen molar-refractivity contribution >= 4 is 7.12 Å². The molecule has 1 atom stereocenters. The highest BCUT2D eigenvalue weighted by Gasteiger charge is 2.53. The first-order chi connectivity index (χ1) is 6.82. The summed E-state index contributed by atoms with van der Waals surface area (Å²) in [5.41, 5.74) is 0.384. The molecule has 1 aliphatic heterocycles. The standard InChI is InChI=1S/C12H21BO2/c1-7-8-9-12(6)11(4,5)14-13(15-12)10(2)3/h7H,1-2,8-9H2,3-6H3. The highest BCUT2D eigenvalue weighted by atomic mass is 16.7. The van der Waals surface area contributed by atoms with Gasteiger partial charge in [0.2, 0.25) is 0 Å². The molecule has 2 nitrogen and oxygen atoms in total. The molecular weight excluding hydrogens is 187 g/mol. The summed E-state index contributed by atoms with van der Waals surface area (Å²) in [5.74, 6) is 0. The number of allylic oxidation sites excluding steroid dienone is 2. The van der Waals surface area contributed by atoms with Gasteiger partial charge >= 0.3 is 7.12 Å². The Balaban J connectivity index is 2.79. The molecule has 0 radical (unpaired) electrons. The van der Waals surface area contributed by atoms with Crippen LogP contribution >= 0.6 is 0 Å². The molecular formula is C12H21BO2. The average molecular weight is 208 g/mol. The van der Waals surface area contributed by atoms with Crippen LogP contribution in [-0.4, -0.2) is 18.3 Å². The summed E-state index contributed by atoms with van der Waals surface area (Å²) in [4.78, 5) is 0. The Labute approximate surface area is 93.5 Å². The molecule has 1 heterocycles. The zero-order valence-electron chi connectivity index (χ0n) is 10.3. The van der Waals surface area contributed by atoms with E-state index in [1.54, 1.807) is 0 Å². The van der Waals surface area contributed by atoms with E-state index in [0.29, 0.717) is 0 Å². The molecule has 15 heavy (non-hydrogen) atoms. The zero-order valence-corrected chi connectivity index (χ0v) is 10.3. The molecule has 0 amide bonds. The van der Waals surface area contributed by atoms with E-state index in [1.807, 2.05) is 13.0 Å². The van der Waals surface area contributed by atoms with Crippen LogP contribution in [0.1, 0.15) is 40.5 Å². The number of hydrogen-bond acceptors (Lipinski definition) is 2. The zero-order chi connectivity index (χ0) is 11.7. The van der Waals surface area contributed by atoms with Crippen molar-refractivity contribution in [3.8, 4) is 0 Å². The van der Waals surface area contributed by atoms with Crippen LogP contribution in [0.15, 0.2) is 24.7 Å². The van der Waals surface area contributed by atoms with Gasteiger partial charge in [-0.2, -0.15) is 0 Å². The molecule has 1 rings (SSSR count). The topological polar surface area (TPSA) is 18.5 Å². The lowest BCUT2D eigenvalue weighted by Gasteiger charge is -2.36. The summed E-state index contributed by atoms with van der Waals surface area (Å²) in [6.07, 6.45) is 3.78. The largest absolute Gasteiger partial charge is 0.489 e. The molecule has 1 saturated heterocycles. The smallest absolute Gasteiger partial charge is 0.400 e. The summed E-state index contributed by atoms with van der Waals surface area (Å²) in [6, 6.07) is 0. The van der Waals surface area contributed by atoms with E-state index in [-0.39, 0.29) is 18.3 Å². The minimum Gasteiger partial charge on any atom is -0.400 e. The van der Waals surface area contributed by atoms with E-state index in [0.717, 1.165) is 18.3 Å². The van der Waals surface area contributed by atoms with E-state index < -0.39 is 0 Å². The van der Waals surface area contributed by atoms with Gasteiger partial charge in [0.1, 0.15) is 0 Å². The second-order valence-corrected chi connectivity index (χ2v) is 4.98. The highest BCUT2D eigenvalue weighted by Crippen LogP contribution is 2.41. The first kappa shape index (κ1) is 12.5. The van der Waals surface area contributed by atoms with Crippen LogP contribution in [-0.2, 0) is 9.31 Å². The normalized spacial score (nSPS) is 29.2. The lowest BCUT2D eigenvalue weighted by Crippen LogP contribution is -2.44. The van der Waals surface area contributed by atoms with Gasteiger partial charge in [-0.1, -0.05) is 11.5 Å². The van der Waals surface area contributed by atoms with E-state index in [1.165, 1.54) is 0 Å². The van der Waals surface area contributed by atoms with Crippen LogP contribution in [0.2, 0.25) is 0 Å². The van der Waals surface area contributed by atoms with E-state index >= 15 is 0 Å². The third-order valence-electron chi connectivity index (χ3n) is 3.27. The van der Waals surface area contributed by atoms with Crippen molar-refractivity contribution in [1.29, 1.82) is 0 Å². The molecule has 1 fully saturated rings. The molecule has 0 spiro atoms. The molecule has 0 bridgehead atoms. The first-order valence-corrected chi connectivity index (χ1v) is 5.44.